The molecule has 0 radical (unpaired) electrons. The summed E-state index contributed by atoms with van der Waals surface area (Å²) in [5.74, 6) is 0.228. The van der Waals surface area contributed by atoms with Gasteiger partial charge in [-0.15, -0.1) is 0 Å². The lowest BCUT2D eigenvalue weighted by molar-refractivity contribution is 0.0905. The highest BCUT2D eigenvalue weighted by molar-refractivity contribution is 6.02. The van der Waals surface area contributed by atoms with Crippen molar-refractivity contribution in [1.82, 2.24) is 4.98 Å². The number of ketones is 1. The third kappa shape index (κ3) is 2.09. The average molecular weight is 194 g/mol. The second kappa shape index (κ2) is 3.75. The lowest BCUT2D eigenvalue weighted by Crippen LogP contribution is -2.42. The van der Waals surface area contributed by atoms with E-state index in [0.29, 0.717) is 5.75 Å². The van der Waals surface area contributed by atoms with Gasteiger partial charge in [0.25, 0.3) is 0 Å². The Hall–Kier alpha value is -1.42. The van der Waals surface area contributed by atoms with Crippen molar-refractivity contribution in [2.75, 3.05) is 7.11 Å². The number of hydrogen-bond acceptors (Lipinski definition) is 4. The third-order valence-corrected chi connectivity index (χ3v) is 1.79. The molecule has 0 amide bonds. The Morgan fingerprint density at radius 1 is 1.57 bits per heavy atom. The number of pyridine rings is 1. The zero-order chi connectivity index (χ0) is 10.8. The molecule has 4 nitrogen and oxygen atoms in total. The van der Waals surface area contributed by atoms with Gasteiger partial charge in [-0.25, -0.2) is 4.98 Å². The first-order chi connectivity index (χ1) is 6.46. The van der Waals surface area contributed by atoms with E-state index in [0.717, 1.165) is 0 Å². The molecule has 0 atom stereocenters. The monoisotopic (exact) mass is 194 g/mol. The minimum Gasteiger partial charge on any atom is -0.494 e. The number of nitrogens with two attached hydrogens (primary N) is 1. The Balaban J connectivity index is 3.13. The van der Waals surface area contributed by atoms with Gasteiger partial charge in [0.15, 0.2) is 0 Å². The van der Waals surface area contributed by atoms with Crippen molar-refractivity contribution in [2.45, 2.75) is 19.4 Å². The van der Waals surface area contributed by atoms with E-state index in [2.05, 4.69) is 4.98 Å². The first-order valence-corrected chi connectivity index (χ1v) is 4.29. The summed E-state index contributed by atoms with van der Waals surface area (Å²) >= 11 is 0. The summed E-state index contributed by atoms with van der Waals surface area (Å²) in [6, 6.07) is 3.39. The number of ether oxygens (including phenoxy) is 1. The molecule has 1 aromatic rings. The molecule has 0 saturated heterocycles. The van der Waals surface area contributed by atoms with E-state index < -0.39 is 5.54 Å². The maximum Gasteiger partial charge on any atom is 0.204 e. The minimum atomic E-state index is -0.929. The normalized spacial score (nSPS) is 11.1. The molecule has 0 spiro atoms. The molecule has 0 aliphatic heterocycles. The van der Waals surface area contributed by atoms with Crippen molar-refractivity contribution in [2.24, 2.45) is 5.73 Å². The van der Waals surface area contributed by atoms with Crippen molar-refractivity contribution < 1.29 is 9.53 Å². The van der Waals surface area contributed by atoms with Crippen LogP contribution in [0.25, 0.3) is 0 Å². The fraction of sp³-hybridized carbons (Fsp3) is 0.400. The molecule has 0 aliphatic rings. The Labute approximate surface area is 83.1 Å². The number of methoxy groups -OCH3 is 1. The molecule has 1 heterocycles. The number of Topliss-reactive ketones (excluding diaryl/α,β-unsaturated/α-hetero) is 1. The number of rotatable bonds is 3. The van der Waals surface area contributed by atoms with Crippen LogP contribution in [0.15, 0.2) is 18.3 Å². The highest BCUT2D eigenvalue weighted by atomic mass is 16.5. The highest BCUT2D eigenvalue weighted by Crippen LogP contribution is 2.18. The predicted octanol–water partition coefficient (Wildman–Crippen LogP) is 1.01. The Morgan fingerprint density at radius 3 is 2.71 bits per heavy atom. The van der Waals surface area contributed by atoms with Gasteiger partial charge in [0.2, 0.25) is 5.78 Å². The molecule has 0 bridgehead atoms. The largest absolute Gasteiger partial charge is 0.494 e. The quantitative estimate of drug-likeness (QED) is 0.729. The standard InChI is InChI=1S/C10H14N2O2/c1-10(2,11)9(13)8-7(14-3)5-4-6-12-8/h4-6H,11H2,1-3H3. The van der Waals surface area contributed by atoms with Crippen molar-refractivity contribution >= 4 is 5.78 Å². The number of aromatic nitrogens is 1. The van der Waals surface area contributed by atoms with E-state index in [1.165, 1.54) is 7.11 Å². The van der Waals surface area contributed by atoms with Crippen LogP contribution in [0.5, 0.6) is 5.75 Å². The fourth-order valence-electron chi connectivity index (χ4n) is 1.03. The van der Waals surface area contributed by atoms with Gasteiger partial charge >= 0.3 is 0 Å². The summed E-state index contributed by atoms with van der Waals surface area (Å²) in [5.41, 5.74) is 5.04. The van der Waals surface area contributed by atoms with E-state index in [4.69, 9.17) is 10.5 Å². The zero-order valence-electron chi connectivity index (χ0n) is 8.57. The zero-order valence-corrected chi connectivity index (χ0v) is 8.57. The number of nitrogens with zero attached hydrogens (tertiary/aromatic N) is 1. The van der Waals surface area contributed by atoms with Gasteiger partial charge in [0, 0.05) is 6.20 Å². The van der Waals surface area contributed by atoms with Crippen molar-refractivity contribution in [3.63, 3.8) is 0 Å². The first kappa shape index (κ1) is 10.7. The molecule has 0 saturated carbocycles. The Morgan fingerprint density at radius 2 is 2.21 bits per heavy atom. The van der Waals surface area contributed by atoms with Gasteiger partial charge in [-0.1, -0.05) is 0 Å². The van der Waals surface area contributed by atoms with Gasteiger partial charge in [0.1, 0.15) is 11.4 Å². The summed E-state index contributed by atoms with van der Waals surface area (Å²) in [6.07, 6.45) is 1.54. The Kier molecular flexibility index (Phi) is 2.86. The lowest BCUT2D eigenvalue weighted by Gasteiger charge is -2.17. The van der Waals surface area contributed by atoms with E-state index in [-0.39, 0.29) is 11.5 Å². The number of hydrogen-bond donors (Lipinski definition) is 1. The first-order valence-electron chi connectivity index (χ1n) is 4.29. The molecule has 14 heavy (non-hydrogen) atoms. The van der Waals surface area contributed by atoms with Crippen LogP contribution in [0.2, 0.25) is 0 Å². The smallest absolute Gasteiger partial charge is 0.204 e. The van der Waals surface area contributed by atoms with Crippen LogP contribution < -0.4 is 10.5 Å². The van der Waals surface area contributed by atoms with Crippen LogP contribution in [0, 0.1) is 0 Å². The lowest BCUT2D eigenvalue weighted by atomic mass is 9.97. The summed E-state index contributed by atoms with van der Waals surface area (Å²) in [6.45, 7) is 3.28. The van der Waals surface area contributed by atoms with Crippen LogP contribution in [-0.4, -0.2) is 23.4 Å². The topological polar surface area (TPSA) is 65.2 Å². The summed E-state index contributed by atoms with van der Waals surface area (Å²) < 4.78 is 5.02. The molecule has 1 aromatic heterocycles. The SMILES string of the molecule is COc1cccnc1C(=O)C(C)(C)N. The molecular weight excluding hydrogens is 180 g/mol. The van der Waals surface area contributed by atoms with Gasteiger partial charge in [-0.2, -0.15) is 0 Å². The second-order valence-electron chi connectivity index (χ2n) is 3.61. The summed E-state index contributed by atoms with van der Waals surface area (Å²) in [4.78, 5) is 15.7. The van der Waals surface area contributed by atoms with E-state index in [1.807, 2.05) is 0 Å². The maximum atomic E-state index is 11.8. The van der Waals surface area contributed by atoms with Gasteiger partial charge in [0.05, 0.1) is 12.6 Å². The van der Waals surface area contributed by atoms with Gasteiger partial charge in [-0.3, -0.25) is 4.79 Å². The summed E-state index contributed by atoms with van der Waals surface area (Å²) in [7, 11) is 1.50. The van der Waals surface area contributed by atoms with Gasteiger partial charge < -0.3 is 10.5 Å². The van der Waals surface area contributed by atoms with Crippen LogP contribution in [0.4, 0.5) is 0 Å². The van der Waals surface area contributed by atoms with Crippen molar-refractivity contribution in [3.05, 3.63) is 24.0 Å². The molecule has 0 fully saturated rings. The number of carbonyl (C=O) groups excluding carboxylic acids is 1. The van der Waals surface area contributed by atoms with E-state index in [1.54, 1.807) is 32.2 Å². The van der Waals surface area contributed by atoms with Crippen molar-refractivity contribution in [1.29, 1.82) is 0 Å². The van der Waals surface area contributed by atoms with Crippen LogP contribution >= 0.6 is 0 Å². The highest BCUT2D eigenvalue weighted by Gasteiger charge is 2.27. The van der Waals surface area contributed by atoms with Crippen LogP contribution in [0.3, 0.4) is 0 Å². The molecule has 2 N–H and O–H groups in total. The van der Waals surface area contributed by atoms with Gasteiger partial charge in [-0.05, 0) is 26.0 Å². The molecular formula is C10H14N2O2. The average Bonchev–Trinajstić information content (AvgIpc) is 2.15. The summed E-state index contributed by atoms with van der Waals surface area (Å²) in [5, 5.41) is 0. The molecule has 0 aliphatic carbocycles. The number of carbonyl (C=O) groups is 1. The molecule has 1 rings (SSSR count). The molecule has 0 unspecified atom stereocenters. The molecule has 0 aromatic carbocycles. The minimum absolute atomic E-state index is 0.227. The second-order valence-corrected chi connectivity index (χ2v) is 3.61. The van der Waals surface area contributed by atoms with Crippen LogP contribution in [-0.2, 0) is 0 Å². The van der Waals surface area contributed by atoms with E-state index in [9.17, 15) is 4.79 Å². The van der Waals surface area contributed by atoms with E-state index >= 15 is 0 Å². The molecule has 76 valence electrons. The Bertz CT molecular complexity index is 342. The molecule has 4 heteroatoms. The maximum absolute atomic E-state index is 11.8. The predicted molar refractivity (Wildman–Crippen MR) is 53.4 cm³/mol. The third-order valence-electron chi connectivity index (χ3n) is 1.79. The fourth-order valence-corrected chi connectivity index (χ4v) is 1.03. The van der Waals surface area contributed by atoms with Crippen LogP contribution in [0.1, 0.15) is 24.3 Å². The van der Waals surface area contributed by atoms with Crippen molar-refractivity contribution in [3.8, 4) is 5.75 Å².